The molecule has 0 saturated carbocycles. The predicted molar refractivity (Wildman–Crippen MR) is 78.6 cm³/mol. The molecule has 0 saturated heterocycles. The Kier molecular flexibility index (Phi) is 5.09. The Balaban J connectivity index is 2.15. The number of H-pyrrole nitrogens is 1. The lowest BCUT2D eigenvalue weighted by molar-refractivity contribution is -0.159. The Morgan fingerprint density at radius 2 is 1.91 bits per heavy atom. The van der Waals surface area contributed by atoms with E-state index in [1.165, 1.54) is 18.2 Å². The van der Waals surface area contributed by atoms with E-state index in [0.29, 0.717) is 16.8 Å². The summed E-state index contributed by atoms with van der Waals surface area (Å²) < 4.78 is 4.65. The summed E-state index contributed by atoms with van der Waals surface area (Å²) in [4.78, 5) is 22.2. The van der Waals surface area contributed by atoms with E-state index in [9.17, 15) is 19.8 Å². The molecule has 0 bridgehead atoms. The third-order valence-electron chi connectivity index (χ3n) is 3.18. The number of aromatic nitrogens is 2. The van der Waals surface area contributed by atoms with E-state index in [1.54, 1.807) is 19.1 Å². The van der Waals surface area contributed by atoms with Gasteiger partial charge in [-0.15, -0.1) is 0 Å². The number of hydrogen-bond donors (Lipinski definition) is 4. The Morgan fingerprint density at radius 3 is 2.43 bits per heavy atom. The summed E-state index contributed by atoms with van der Waals surface area (Å²) in [6, 6.07) is 7.59. The monoisotopic (exact) mass is 320 g/mol. The average Bonchev–Trinajstić information content (AvgIpc) is 3.04. The van der Waals surface area contributed by atoms with Crippen molar-refractivity contribution in [2.75, 3.05) is 6.61 Å². The van der Waals surface area contributed by atoms with E-state index >= 15 is 0 Å². The first-order valence-electron chi connectivity index (χ1n) is 6.85. The molecule has 0 aliphatic heterocycles. The first kappa shape index (κ1) is 16.7. The number of nitrogens with one attached hydrogen (secondary N) is 1. The molecule has 0 fully saturated rings. The number of carboxylic acids is 1. The largest absolute Gasteiger partial charge is 0.477 e. The molecule has 2 atom stereocenters. The smallest absolute Gasteiger partial charge is 0.353 e. The van der Waals surface area contributed by atoms with Gasteiger partial charge in [0.15, 0.2) is 6.10 Å². The molecule has 0 amide bonds. The highest BCUT2D eigenvalue weighted by Gasteiger charge is 2.26. The molecule has 0 radical (unpaired) electrons. The second kappa shape index (κ2) is 7.03. The molecule has 122 valence electrons. The van der Waals surface area contributed by atoms with Crippen molar-refractivity contribution in [2.24, 2.45) is 0 Å². The minimum absolute atomic E-state index is 0.0400. The summed E-state index contributed by atoms with van der Waals surface area (Å²) in [6.45, 7) is 1.70. The van der Waals surface area contributed by atoms with Gasteiger partial charge in [-0.05, 0) is 18.6 Å². The lowest BCUT2D eigenvalue weighted by Crippen LogP contribution is -2.29. The van der Waals surface area contributed by atoms with Crippen molar-refractivity contribution < 1.29 is 29.6 Å². The Hall–Kier alpha value is -2.71. The first-order valence-corrected chi connectivity index (χ1v) is 6.85. The molecular weight excluding hydrogens is 304 g/mol. The lowest BCUT2D eigenvalue weighted by Gasteiger charge is -2.16. The molecular formula is C15H16N2O6. The van der Waals surface area contributed by atoms with E-state index in [1.807, 2.05) is 0 Å². The van der Waals surface area contributed by atoms with E-state index in [4.69, 9.17) is 5.11 Å². The number of hydrogen-bond acceptors (Lipinski definition) is 6. The van der Waals surface area contributed by atoms with Gasteiger partial charge in [-0.25, -0.2) is 9.59 Å². The highest BCUT2D eigenvalue weighted by atomic mass is 16.5. The zero-order valence-electron chi connectivity index (χ0n) is 12.3. The molecule has 1 aromatic heterocycles. The van der Waals surface area contributed by atoms with Crippen molar-refractivity contribution in [3.05, 3.63) is 41.6 Å². The summed E-state index contributed by atoms with van der Waals surface area (Å²) in [6.07, 6.45) is -3.10. The van der Waals surface area contributed by atoms with Crippen molar-refractivity contribution in [1.29, 1.82) is 0 Å². The van der Waals surface area contributed by atoms with Gasteiger partial charge in [-0.1, -0.05) is 24.3 Å². The number of aliphatic hydroxyl groups excluding tert-OH is 2. The van der Waals surface area contributed by atoms with Crippen LogP contribution in [-0.2, 0) is 9.53 Å². The van der Waals surface area contributed by atoms with Crippen molar-refractivity contribution in [1.82, 2.24) is 10.2 Å². The Morgan fingerprint density at radius 1 is 1.26 bits per heavy atom. The number of rotatable bonds is 6. The summed E-state index contributed by atoms with van der Waals surface area (Å²) in [5, 5.41) is 34.8. The van der Waals surface area contributed by atoms with Gasteiger partial charge < -0.3 is 20.1 Å². The molecule has 8 heteroatoms. The number of aliphatic hydroxyl groups is 2. The first-order chi connectivity index (χ1) is 10.9. The molecule has 0 spiro atoms. The SMILES string of the molecule is CCOC(=O)C(O)C(O)c1ccc(-c2cc(C(=O)O)[nH]n2)cc1. The van der Waals surface area contributed by atoms with E-state index in [0.717, 1.165) is 0 Å². The highest BCUT2D eigenvalue weighted by molar-refractivity contribution is 5.86. The second-order valence-corrected chi connectivity index (χ2v) is 4.74. The van der Waals surface area contributed by atoms with Crippen LogP contribution in [0, 0.1) is 0 Å². The Labute approximate surface area is 131 Å². The van der Waals surface area contributed by atoms with Crippen LogP contribution in [0.5, 0.6) is 0 Å². The highest BCUT2D eigenvalue weighted by Crippen LogP contribution is 2.23. The third-order valence-corrected chi connectivity index (χ3v) is 3.18. The maximum absolute atomic E-state index is 11.4. The molecule has 4 N–H and O–H groups in total. The topological polar surface area (TPSA) is 133 Å². The van der Waals surface area contributed by atoms with E-state index < -0.39 is 24.1 Å². The molecule has 2 unspecified atom stereocenters. The number of aromatic carboxylic acids is 1. The Bertz CT molecular complexity index is 694. The number of nitrogens with zero attached hydrogens (tertiary/aromatic N) is 1. The second-order valence-electron chi connectivity index (χ2n) is 4.74. The standard InChI is InChI=1S/C15H16N2O6/c1-2-23-15(22)13(19)12(18)9-5-3-8(4-6-9)10-7-11(14(20)21)17-16-10/h3-7,12-13,18-19H,2H2,1H3,(H,16,17)(H,20,21). The summed E-state index contributed by atoms with van der Waals surface area (Å²) in [5.41, 5.74) is 1.33. The zero-order chi connectivity index (χ0) is 17.0. The number of carbonyl (C=O) groups is 2. The normalized spacial score (nSPS) is 13.3. The maximum Gasteiger partial charge on any atom is 0.353 e. The number of aromatic amines is 1. The molecule has 23 heavy (non-hydrogen) atoms. The van der Waals surface area contributed by atoms with E-state index in [2.05, 4.69) is 14.9 Å². The van der Waals surface area contributed by atoms with Crippen molar-refractivity contribution in [3.63, 3.8) is 0 Å². The van der Waals surface area contributed by atoms with Crippen LogP contribution in [0.1, 0.15) is 29.1 Å². The van der Waals surface area contributed by atoms with Crippen LogP contribution in [0.3, 0.4) is 0 Å². The minimum Gasteiger partial charge on any atom is -0.477 e. The average molecular weight is 320 g/mol. The van der Waals surface area contributed by atoms with Gasteiger partial charge in [0.1, 0.15) is 11.8 Å². The number of benzene rings is 1. The van der Waals surface area contributed by atoms with Gasteiger partial charge >= 0.3 is 11.9 Å². The zero-order valence-corrected chi connectivity index (χ0v) is 12.3. The third kappa shape index (κ3) is 3.74. The van der Waals surface area contributed by atoms with Crippen LogP contribution in [0.2, 0.25) is 0 Å². The summed E-state index contributed by atoms with van der Waals surface area (Å²) in [5.74, 6) is -2.02. The minimum atomic E-state index is -1.68. The number of carboxylic acid groups (broad SMARTS) is 1. The molecule has 1 heterocycles. The molecule has 0 aliphatic rings. The van der Waals surface area contributed by atoms with Crippen LogP contribution in [0.25, 0.3) is 11.3 Å². The van der Waals surface area contributed by atoms with Crippen molar-refractivity contribution in [2.45, 2.75) is 19.1 Å². The van der Waals surface area contributed by atoms with Crippen molar-refractivity contribution in [3.8, 4) is 11.3 Å². The van der Waals surface area contributed by atoms with Crippen LogP contribution >= 0.6 is 0 Å². The maximum atomic E-state index is 11.4. The molecule has 0 aliphatic carbocycles. The van der Waals surface area contributed by atoms with Gasteiger partial charge in [-0.3, -0.25) is 5.10 Å². The molecule has 2 aromatic rings. The van der Waals surface area contributed by atoms with Gasteiger partial charge in [0.25, 0.3) is 0 Å². The lowest BCUT2D eigenvalue weighted by atomic mass is 10.0. The van der Waals surface area contributed by atoms with Crippen molar-refractivity contribution >= 4 is 11.9 Å². The summed E-state index contributed by atoms with van der Waals surface area (Å²) in [7, 11) is 0. The quantitative estimate of drug-likeness (QED) is 0.577. The molecule has 2 rings (SSSR count). The number of carbonyl (C=O) groups excluding carboxylic acids is 1. The van der Waals surface area contributed by atoms with Gasteiger partial charge in [0.2, 0.25) is 0 Å². The fourth-order valence-electron chi connectivity index (χ4n) is 1.97. The van der Waals surface area contributed by atoms with Crippen LogP contribution in [0.4, 0.5) is 0 Å². The van der Waals surface area contributed by atoms with E-state index in [-0.39, 0.29) is 12.3 Å². The molecule has 1 aromatic carbocycles. The van der Waals surface area contributed by atoms with Gasteiger partial charge in [0, 0.05) is 5.56 Å². The van der Waals surface area contributed by atoms with Gasteiger partial charge in [-0.2, -0.15) is 5.10 Å². The van der Waals surface area contributed by atoms with Crippen LogP contribution < -0.4 is 0 Å². The van der Waals surface area contributed by atoms with Gasteiger partial charge in [0.05, 0.1) is 12.3 Å². The fourth-order valence-corrected chi connectivity index (χ4v) is 1.97. The summed E-state index contributed by atoms with van der Waals surface area (Å²) >= 11 is 0. The van der Waals surface area contributed by atoms with Crippen LogP contribution in [0.15, 0.2) is 30.3 Å². The predicted octanol–water partition coefficient (Wildman–Crippen LogP) is 0.732. The number of esters is 1. The number of ether oxygens (including phenoxy) is 1. The van der Waals surface area contributed by atoms with Crippen LogP contribution in [-0.4, -0.2) is 50.2 Å². The molecule has 8 nitrogen and oxygen atoms in total. The fraction of sp³-hybridized carbons (Fsp3) is 0.267.